The second kappa shape index (κ2) is 14.1. The number of unbranched alkanes of at least 4 members (excludes halogenated alkanes) is 1. The van der Waals surface area contributed by atoms with E-state index in [1.165, 1.54) is 0 Å². The molecule has 6 atom stereocenters. The first-order valence-electron chi connectivity index (χ1n) is 14.2. The van der Waals surface area contributed by atoms with Gasteiger partial charge in [-0.1, -0.05) is 89.4 Å². The van der Waals surface area contributed by atoms with Crippen LogP contribution < -0.4 is 16.0 Å². The van der Waals surface area contributed by atoms with Gasteiger partial charge in [0.15, 0.2) is 0 Å². The number of ether oxygens (including phenoxy) is 1. The molecule has 0 bridgehead atoms. The van der Waals surface area contributed by atoms with Gasteiger partial charge in [0, 0.05) is 6.42 Å². The van der Waals surface area contributed by atoms with Crippen molar-refractivity contribution in [1.82, 2.24) is 16.0 Å². The van der Waals surface area contributed by atoms with Crippen LogP contribution in [0, 0.1) is 11.8 Å². The van der Waals surface area contributed by atoms with Gasteiger partial charge in [0.25, 0.3) is 0 Å². The quantitative estimate of drug-likeness (QED) is 0.440. The number of benzene rings is 2. The van der Waals surface area contributed by atoms with E-state index in [2.05, 4.69) is 22.9 Å². The second-order valence-electron chi connectivity index (χ2n) is 10.9. The molecule has 1 saturated heterocycles. The highest BCUT2D eigenvalue weighted by molar-refractivity contribution is 5.94. The fourth-order valence-corrected chi connectivity index (χ4v) is 4.96. The predicted octanol–water partition coefficient (Wildman–Crippen LogP) is 4.04. The molecular formula is C31H43N3O5. The third-order valence-electron chi connectivity index (χ3n) is 7.77. The summed E-state index contributed by atoms with van der Waals surface area (Å²) in [6, 6.07) is 11.0. The Bertz CT molecular complexity index is 1160. The average molecular weight is 538 g/mol. The van der Waals surface area contributed by atoms with Gasteiger partial charge in [-0.3, -0.25) is 14.4 Å². The average Bonchev–Trinajstić information content (AvgIpc) is 2.93. The number of carbonyl (C=O) groups excluding carboxylic acids is 4. The maximum Gasteiger partial charge on any atom is 0.329 e. The highest BCUT2D eigenvalue weighted by Crippen LogP contribution is 2.23. The molecule has 8 nitrogen and oxygen atoms in total. The van der Waals surface area contributed by atoms with E-state index in [1.54, 1.807) is 6.92 Å². The van der Waals surface area contributed by atoms with Gasteiger partial charge in [-0.25, -0.2) is 4.79 Å². The topological polar surface area (TPSA) is 114 Å². The van der Waals surface area contributed by atoms with Crippen LogP contribution in [0.2, 0.25) is 0 Å². The van der Waals surface area contributed by atoms with Crippen LogP contribution in [-0.2, 0) is 30.3 Å². The van der Waals surface area contributed by atoms with Crippen LogP contribution in [-0.4, -0.2) is 47.9 Å². The molecular weight excluding hydrogens is 494 g/mol. The van der Waals surface area contributed by atoms with Crippen molar-refractivity contribution in [2.45, 2.75) is 97.4 Å². The van der Waals surface area contributed by atoms with Gasteiger partial charge >= 0.3 is 5.97 Å². The van der Waals surface area contributed by atoms with Gasteiger partial charge < -0.3 is 20.7 Å². The van der Waals surface area contributed by atoms with E-state index in [-0.39, 0.29) is 30.6 Å². The lowest BCUT2D eigenvalue weighted by Crippen LogP contribution is -2.55. The van der Waals surface area contributed by atoms with Crippen molar-refractivity contribution in [3.8, 4) is 0 Å². The SMILES string of the molecule is CCCC[C@H](C)[C@@H]1CC(=O)N[C@@H](Cc2cccc3ccccc23)C(=O)N[C@@H](C)C(=O)N[C@H]([C@@H](C)CC)C(=O)O1. The third-order valence-corrected chi connectivity index (χ3v) is 7.77. The minimum Gasteiger partial charge on any atom is -0.460 e. The van der Waals surface area contributed by atoms with Gasteiger partial charge in [0.1, 0.15) is 24.2 Å². The highest BCUT2D eigenvalue weighted by Gasteiger charge is 2.35. The summed E-state index contributed by atoms with van der Waals surface area (Å²) in [6.07, 6.45) is 2.86. The van der Waals surface area contributed by atoms with Crippen LogP contribution in [0.4, 0.5) is 0 Å². The Hall–Kier alpha value is -3.42. The van der Waals surface area contributed by atoms with Gasteiger partial charge in [-0.15, -0.1) is 0 Å². The molecule has 39 heavy (non-hydrogen) atoms. The number of hydrogen-bond acceptors (Lipinski definition) is 5. The van der Waals surface area contributed by atoms with E-state index >= 15 is 0 Å². The Morgan fingerprint density at radius 2 is 1.62 bits per heavy atom. The first-order valence-corrected chi connectivity index (χ1v) is 14.2. The molecule has 3 N–H and O–H groups in total. The second-order valence-corrected chi connectivity index (χ2v) is 10.9. The minimum atomic E-state index is -0.913. The largest absolute Gasteiger partial charge is 0.460 e. The van der Waals surface area contributed by atoms with E-state index < -0.39 is 42.0 Å². The Kier molecular flexibility index (Phi) is 10.9. The van der Waals surface area contributed by atoms with Crippen LogP contribution in [0.5, 0.6) is 0 Å². The Morgan fingerprint density at radius 1 is 0.897 bits per heavy atom. The summed E-state index contributed by atoms with van der Waals surface area (Å²) in [6.45, 7) is 9.43. The van der Waals surface area contributed by atoms with Crippen LogP contribution in [0.15, 0.2) is 42.5 Å². The zero-order chi connectivity index (χ0) is 28.5. The molecule has 1 aliphatic rings. The van der Waals surface area contributed by atoms with Crippen molar-refractivity contribution in [1.29, 1.82) is 0 Å². The molecule has 0 radical (unpaired) electrons. The minimum absolute atomic E-state index is 0.0628. The van der Waals surface area contributed by atoms with E-state index in [9.17, 15) is 19.2 Å². The summed E-state index contributed by atoms with van der Waals surface area (Å²) in [5.74, 6) is -2.11. The molecule has 0 unspecified atom stereocenters. The maximum absolute atomic E-state index is 13.4. The molecule has 0 saturated carbocycles. The number of nitrogens with one attached hydrogen (secondary N) is 3. The predicted molar refractivity (Wildman–Crippen MR) is 152 cm³/mol. The molecule has 1 aliphatic heterocycles. The molecule has 2 aromatic rings. The molecule has 0 aromatic heterocycles. The summed E-state index contributed by atoms with van der Waals surface area (Å²) in [4.78, 5) is 53.2. The lowest BCUT2D eigenvalue weighted by atomic mass is 9.94. The van der Waals surface area contributed by atoms with E-state index in [0.717, 1.165) is 35.6 Å². The fraction of sp³-hybridized carbons (Fsp3) is 0.548. The normalized spacial score (nSPS) is 24.7. The fourth-order valence-electron chi connectivity index (χ4n) is 4.96. The molecule has 3 rings (SSSR count). The van der Waals surface area contributed by atoms with Crippen molar-refractivity contribution in [3.05, 3.63) is 48.0 Å². The smallest absolute Gasteiger partial charge is 0.329 e. The van der Waals surface area contributed by atoms with Crippen molar-refractivity contribution in [3.63, 3.8) is 0 Å². The van der Waals surface area contributed by atoms with E-state index in [1.807, 2.05) is 63.2 Å². The molecule has 8 heteroatoms. The molecule has 1 fully saturated rings. The number of amides is 3. The van der Waals surface area contributed by atoms with E-state index in [4.69, 9.17) is 4.74 Å². The van der Waals surface area contributed by atoms with Crippen molar-refractivity contribution in [2.24, 2.45) is 11.8 Å². The van der Waals surface area contributed by atoms with Crippen molar-refractivity contribution < 1.29 is 23.9 Å². The number of carbonyl (C=O) groups is 4. The van der Waals surface area contributed by atoms with Crippen LogP contribution in [0.3, 0.4) is 0 Å². The Labute approximate surface area is 231 Å². The first-order chi connectivity index (χ1) is 18.6. The van der Waals surface area contributed by atoms with Crippen LogP contribution >= 0.6 is 0 Å². The molecule has 0 spiro atoms. The van der Waals surface area contributed by atoms with Crippen LogP contribution in [0.25, 0.3) is 10.8 Å². The van der Waals surface area contributed by atoms with Crippen LogP contribution in [0.1, 0.15) is 72.3 Å². The van der Waals surface area contributed by atoms with Gasteiger partial charge in [0.2, 0.25) is 17.7 Å². The molecule has 3 amide bonds. The summed E-state index contributed by atoms with van der Waals surface area (Å²) in [7, 11) is 0. The third kappa shape index (κ3) is 8.04. The number of cyclic esters (lactones) is 1. The van der Waals surface area contributed by atoms with Gasteiger partial charge in [-0.05, 0) is 41.5 Å². The van der Waals surface area contributed by atoms with Gasteiger partial charge in [0.05, 0.1) is 6.42 Å². The zero-order valence-electron chi connectivity index (χ0n) is 23.8. The maximum atomic E-state index is 13.4. The lowest BCUT2D eigenvalue weighted by molar-refractivity contribution is -0.158. The van der Waals surface area contributed by atoms with Crippen molar-refractivity contribution >= 4 is 34.5 Å². The van der Waals surface area contributed by atoms with E-state index in [0.29, 0.717) is 6.42 Å². The molecule has 212 valence electrons. The summed E-state index contributed by atoms with van der Waals surface area (Å²) in [5, 5.41) is 10.4. The van der Waals surface area contributed by atoms with Gasteiger partial charge in [-0.2, -0.15) is 0 Å². The number of hydrogen-bond donors (Lipinski definition) is 3. The Morgan fingerprint density at radius 3 is 2.33 bits per heavy atom. The number of fused-ring (bicyclic) bond motifs is 1. The molecule has 1 heterocycles. The summed E-state index contributed by atoms with van der Waals surface area (Å²) in [5.41, 5.74) is 0.908. The standard InChI is InChI=1S/C31H43N3O5/c1-6-8-12-20(4)26-18-27(35)33-25(17-23-15-11-14-22-13-9-10-16-24(22)23)30(37)32-21(5)29(36)34-28(19(3)7-2)31(38)39-26/h9-11,13-16,19-21,25-26,28H,6-8,12,17-18H2,1-5H3,(H,32,37)(H,33,35)(H,34,36)/t19-,20-,21-,25-,26-,28+/m0/s1. The monoisotopic (exact) mass is 537 g/mol. The summed E-state index contributed by atoms with van der Waals surface area (Å²) < 4.78 is 5.93. The number of rotatable bonds is 8. The first kappa shape index (κ1) is 30.1. The molecule has 0 aliphatic carbocycles. The Balaban J connectivity index is 1.95. The molecule has 2 aromatic carbocycles. The highest BCUT2D eigenvalue weighted by atomic mass is 16.5. The zero-order valence-corrected chi connectivity index (χ0v) is 23.8. The lowest BCUT2D eigenvalue weighted by Gasteiger charge is -2.29. The number of esters is 1. The van der Waals surface area contributed by atoms with Crippen molar-refractivity contribution in [2.75, 3.05) is 0 Å². The summed E-state index contributed by atoms with van der Waals surface area (Å²) >= 11 is 0.